The van der Waals surface area contributed by atoms with Crippen molar-refractivity contribution in [1.29, 1.82) is 0 Å². The molecule has 3 aromatic heterocycles. The van der Waals surface area contributed by atoms with Gasteiger partial charge in [0.25, 0.3) is 11.7 Å². The summed E-state index contributed by atoms with van der Waals surface area (Å²) in [7, 11) is 1.57. The van der Waals surface area contributed by atoms with Crippen LogP contribution >= 0.6 is 0 Å². The predicted octanol–water partition coefficient (Wildman–Crippen LogP) is 1.61. The fraction of sp³-hybridized carbons (Fsp3) is 0.312. The van der Waals surface area contributed by atoms with E-state index in [9.17, 15) is 9.59 Å². The summed E-state index contributed by atoms with van der Waals surface area (Å²) < 4.78 is 6.90. The van der Waals surface area contributed by atoms with Crippen molar-refractivity contribution in [2.45, 2.75) is 27.3 Å². The van der Waals surface area contributed by atoms with E-state index in [-0.39, 0.29) is 17.9 Å². The third kappa shape index (κ3) is 3.08. The lowest BCUT2D eigenvalue weighted by Gasteiger charge is -2.13. The molecule has 3 heterocycles. The molecule has 0 aliphatic rings. The average Bonchev–Trinajstić information content (AvgIpc) is 3.10. The number of carboxylic acid groups (broad SMARTS) is 1. The van der Waals surface area contributed by atoms with E-state index in [1.54, 1.807) is 14.0 Å². The summed E-state index contributed by atoms with van der Waals surface area (Å²) in [6.07, 6.45) is 0. The SMILES string of the molecule is Cc1cc(C)n2nc(C(=O)N(C)Cc3cc(C(=O)O)c(C)o3)nc2n1. The Morgan fingerprint density at radius 2 is 1.96 bits per heavy atom. The van der Waals surface area contributed by atoms with Crippen molar-refractivity contribution in [2.75, 3.05) is 7.05 Å². The molecule has 0 saturated heterocycles. The lowest BCUT2D eigenvalue weighted by atomic mass is 10.2. The Morgan fingerprint density at radius 3 is 2.60 bits per heavy atom. The maximum Gasteiger partial charge on any atom is 0.339 e. The number of hydrogen-bond acceptors (Lipinski definition) is 6. The Labute approximate surface area is 142 Å². The molecule has 1 N–H and O–H groups in total. The Kier molecular flexibility index (Phi) is 3.99. The van der Waals surface area contributed by atoms with Crippen LogP contribution in [0.15, 0.2) is 16.5 Å². The maximum absolute atomic E-state index is 12.5. The lowest BCUT2D eigenvalue weighted by molar-refractivity contribution is 0.0694. The number of aromatic nitrogens is 4. The van der Waals surface area contributed by atoms with E-state index in [2.05, 4.69) is 15.1 Å². The Bertz CT molecular complexity index is 988. The molecule has 9 heteroatoms. The van der Waals surface area contributed by atoms with Gasteiger partial charge in [0.05, 0.1) is 6.54 Å². The van der Waals surface area contributed by atoms with Crippen LogP contribution < -0.4 is 0 Å². The monoisotopic (exact) mass is 343 g/mol. The van der Waals surface area contributed by atoms with Gasteiger partial charge in [0, 0.05) is 18.4 Å². The minimum absolute atomic E-state index is 0.0189. The second kappa shape index (κ2) is 6.00. The summed E-state index contributed by atoms with van der Waals surface area (Å²) in [5.41, 5.74) is 1.69. The van der Waals surface area contributed by atoms with Crippen molar-refractivity contribution in [1.82, 2.24) is 24.5 Å². The second-order valence-electron chi connectivity index (χ2n) is 5.84. The first-order valence-electron chi connectivity index (χ1n) is 7.55. The van der Waals surface area contributed by atoms with Crippen LogP contribution in [0.2, 0.25) is 0 Å². The molecule has 3 aromatic rings. The highest BCUT2D eigenvalue weighted by Crippen LogP contribution is 2.17. The van der Waals surface area contributed by atoms with Crippen molar-refractivity contribution in [3.8, 4) is 0 Å². The molecule has 3 rings (SSSR count). The van der Waals surface area contributed by atoms with Gasteiger partial charge in [-0.15, -0.1) is 5.10 Å². The van der Waals surface area contributed by atoms with Crippen molar-refractivity contribution < 1.29 is 19.1 Å². The number of aromatic carboxylic acids is 1. The number of carbonyl (C=O) groups is 2. The molecule has 0 aliphatic heterocycles. The van der Waals surface area contributed by atoms with Gasteiger partial charge < -0.3 is 14.4 Å². The van der Waals surface area contributed by atoms with Crippen LogP contribution in [-0.2, 0) is 6.54 Å². The highest BCUT2D eigenvalue weighted by Gasteiger charge is 2.21. The van der Waals surface area contributed by atoms with E-state index in [0.717, 1.165) is 11.4 Å². The molecular weight excluding hydrogens is 326 g/mol. The first kappa shape index (κ1) is 16.6. The van der Waals surface area contributed by atoms with E-state index in [0.29, 0.717) is 17.3 Å². The van der Waals surface area contributed by atoms with Gasteiger partial charge in [-0.05, 0) is 32.9 Å². The number of carboxylic acids is 1. The molecule has 0 atom stereocenters. The van der Waals surface area contributed by atoms with E-state index in [1.165, 1.54) is 15.5 Å². The predicted molar refractivity (Wildman–Crippen MR) is 86.5 cm³/mol. The summed E-state index contributed by atoms with van der Waals surface area (Å²) in [4.78, 5) is 33.4. The number of aryl methyl sites for hydroxylation is 3. The molecular formula is C16H17N5O4. The molecule has 0 aromatic carbocycles. The van der Waals surface area contributed by atoms with Crippen LogP contribution in [0.3, 0.4) is 0 Å². The molecule has 0 saturated carbocycles. The Balaban J connectivity index is 1.84. The van der Waals surface area contributed by atoms with E-state index < -0.39 is 11.9 Å². The van der Waals surface area contributed by atoms with Crippen LogP contribution in [0.4, 0.5) is 0 Å². The van der Waals surface area contributed by atoms with Gasteiger partial charge in [0.2, 0.25) is 5.82 Å². The summed E-state index contributed by atoms with van der Waals surface area (Å²) in [5, 5.41) is 13.3. The third-order valence-corrected chi connectivity index (χ3v) is 3.75. The van der Waals surface area contributed by atoms with Gasteiger partial charge in [-0.3, -0.25) is 4.79 Å². The van der Waals surface area contributed by atoms with Crippen molar-refractivity contribution >= 4 is 17.7 Å². The summed E-state index contributed by atoms with van der Waals surface area (Å²) in [6.45, 7) is 5.37. The largest absolute Gasteiger partial charge is 0.478 e. The molecule has 0 aliphatic carbocycles. The molecule has 0 fully saturated rings. The number of nitrogens with zero attached hydrogens (tertiary/aromatic N) is 5. The Hall–Kier alpha value is -3.23. The second-order valence-corrected chi connectivity index (χ2v) is 5.84. The highest BCUT2D eigenvalue weighted by atomic mass is 16.4. The molecule has 0 bridgehead atoms. The normalized spacial score (nSPS) is 11.0. The molecule has 25 heavy (non-hydrogen) atoms. The standard InChI is InChI=1S/C16H17N5O4/c1-8-5-9(2)21-16(17-8)18-13(19-21)14(22)20(4)7-11-6-12(15(23)24)10(3)25-11/h5-6H,7H2,1-4H3,(H,23,24). The van der Waals surface area contributed by atoms with Crippen LogP contribution in [0.5, 0.6) is 0 Å². The highest BCUT2D eigenvalue weighted by molar-refractivity contribution is 5.91. The van der Waals surface area contributed by atoms with E-state index in [4.69, 9.17) is 9.52 Å². The van der Waals surface area contributed by atoms with Crippen LogP contribution in [0.1, 0.15) is 43.9 Å². The van der Waals surface area contributed by atoms with E-state index in [1.807, 2.05) is 19.9 Å². The third-order valence-electron chi connectivity index (χ3n) is 3.75. The fourth-order valence-electron chi connectivity index (χ4n) is 2.57. The molecule has 0 unspecified atom stereocenters. The summed E-state index contributed by atoms with van der Waals surface area (Å²) in [5.74, 6) is -0.431. The van der Waals surface area contributed by atoms with Crippen molar-refractivity contribution in [2.24, 2.45) is 0 Å². The first-order valence-corrected chi connectivity index (χ1v) is 7.55. The molecule has 9 nitrogen and oxygen atoms in total. The molecule has 1 amide bonds. The quantitative estimate of drug-likeness (QED) is 0.765. The number of carbonyl (C=O) groups excluding carboxylic acids is 1. The molecule has 130 valence electrons. The number of rotatable bonds is 4. The van der Waals surface area contributed by atoms with Crippen molar-refractivity contribution in [3.05, 3.63) is 46.4 Å². The zero-order chi connectivity index (χ0) is 18.3. The van der Waals surface area contributed by atoms with Gasteiger partial charge in [0.1, 0.15) is 17.1 Å². The lowest BCUT2D eigenvalue weighted by Crippen LogP contribution is -2.27. The van der Waals surface area contributed by atoms with Gasteiger partial charge in [0.15, 0.2) is 0 Å². The smallest absolute Gasteiger partial charge is 0.339 e. The zero-order valence-electron chi connectivity index (χ0n) is 14.3. The minimum atomic E-state index is -1.07. The fourth-order valence-corrected chi connectivity index (χ4v) is 2.57. The number of fused-ring (bicyclic) bond motifs is 1. The first-order chi connectivity index (χ1) is 11.8. The van der Waals surface area contributed by atoms with E-state index >= 15 is 0 Å². The van der Waals surface area contributed by atoms with Crippen LogP contribution in [-0.4, -0.2) is 48.5 Å². The van der Waals surface area contributed by atoms with Crippen molar-refractivity contribution in [3.63, 3.8) is 0 Å². The maximum atomic E-state index is 12.5. The van der Waals surface area contributed by atoms with Crippen LogP contribution in [0.25, 0.3) is 5.78 Å². The molecule has 0 radical (unpaired) electrons. The van der Waals surface area contributed by atoms with Gasteiger partial charge in [-0.2, -0.15) is 4.98 Å². The topological polar surface area (TPSA) is 114 Å². The van der Waals surface area contributed by atoms with Gasteiger partial charge in [-0.1, -0.05) is 0 Å². The van der Waals surface area contributed by atoms with Gasteiger partial charge >= 0.3 is 5.97 Å². The molecule has 0 spiro atoms. The Morgan fingerprint density at radius 1 is 1.24 bits per heavy atom. The number of furan rings is 1. The summed E-state index contributed by atoms with van der Waals surface area (Å²) >= 11 is 0. The summed E-state index contributed by atoms with van der Waals surface area (Å²) in [6, 6.07) is 3.26. The average molecular weight is 343 g/mol. The number of hydrogen-bond donors (Lipinski definition) is 1. The minimum Gasteiger partial charge on any atom is -0.478 e. The zero-order valence-corrected chi connectivity index (χ0v) is 14.3. The van der Waals surface area contributed by atoms with Gasteiger partial charge in [-0.25, -0.2) is 14.3 Å². The van der Waals surface area contributed by atoms with Crippen LogP contribution in [0, 0.1) is 20.8 Å². The number of amides is 1.